The van der Waals surface area contributed by atoms with Crippen LogP contribution >= 0.6 is 11.3 Å². The molecule has 100 valence electrons. The average Bonchev–Trinajstić information content (AvgIpc) is 2.95. The van der Waals surface area contributed by atoms with Gasteiger partial charge in [-0.05, 0) is 24.5 Å². The lowest BCUT2D eigenvalue weighted by molar-refractivity contribution is 0.284. The molecule has 1 aliphatic rings. The number of aryl methyl sites for hydroxylation is 1. The van der Waals surface area contributed by atoms with Crippen molar-refractivity contribution in [2.45, 2.75) is 18.9 Å². The van der Waals surface area contributed by atoms with E-state index in [0.717, 1.165) is 41.4 Å². The van der Waals surface area contributed by atoms with Gasteiger partial charge < -0.3 is 15.2 Å². The molecule has 1 unspecified atom stereocenters. The fraction of sp³-hybridized carbons (Fsp3) is 0.333. The number of benzene rings is 1. The summed E-state index contributed by atoms with van der Waals surface area (Å²) in [6.07, 6.45) is 2.15. The molecule has 0 saturated carbocycles. The first kappa shape index (κ1) is 12.5. The number of methoxy groups -OCH3 is 1. The Balaban J connectivity index is 1.97. The maximum absolute atomic E-state index is 6.38. The number of thiophene rings is 1. The van der Waals surface area contributed by atoms with Crippen LogP contribution in [0.5, 0.6) is 11.5 Å². The number of fused-ring (bicyclic) bond motifs is 1. The average molecular weight is 275 g/mol. The minimum Gasteiger partial charge on any atom is -0.496 e. The zero-order chi connectivity index (χ0) is 13.2. The van der Waals surface area contributed by atoms with Crippen molar-refractivity contribution in [1.82, 2.24) is 0 Å². The largest absolute Gasteiger partial charge is 0.496 e. The molecule has 0 saturated heterocycles. The summed E-state index contributed by atoms with van der Waals surface area (Å²) in [4.78, 5) is 1.10. The zero-order valence-electron chi connectivity index (χ0n) is 10.9. The maximum Gasteiger partial charge on any atom is 0.129 e. The van der Waals surface area contributed by atoms with Crippen LogP contribution < -0.4 is 15.2 Å². The molecule has 1 aromatic carbocycles. The quantitative estimate of drug-likeness (QED) is 0.936. The van der Waals surface area contributed by atoms with Crippen LogP contribution in [0.25, 0.3) is 0 Å². The molecule has 2 aromatic rings. The Morgan fingerprint density at radius 2 is 2.32 bits per heavy atom. The van der Waals surface area contributed by atoms with E-state index in [-0.39, 0.29) is 6.04 Å². The van der Waals surface area contributed by atoms with Crippen LogP contribution in [0.2, 0.25) is 0 Å². The van der Waals surface area contributed by atoms with Gasteiger partial charge >= 0.3 is 0 Å². The Hall–Kier alpha value is -1.52. The number of rotatable bonds is 3. The standard InChI is InChI=1S/C15H17NO2S/c1-17-11-8-13(19-9-11)14(16)12-6-2-4-10-5-3-7-18-15(10)12/h2,4,6,8-9,14H,3,5,7,16H2,1H3. The Labute approximate surface area is 117 Å². The number of nitrogens with two attached hydrogens (primary N) is 1. The Kier molecular flexibility index (Phi) is 3.44. The van der Waals surface area contributed by atoms with Crippen molar-refractivity contribution < 1.29 is 9.47 Å². The molecule has 0 radical (unpaired) electrons. The van der Waals surface area contributed by atoms with Gasteiger partial charge in [0.05, 0.1) is 19.8 Å². The summed E-state index contributed by atoms with van der Waals surface area (Å²) < 4.78 is 11.0. The second-order valence-electron chi connectivity index (χ2n) is 4.65. The van der Waals surface area contributed by atoms with Gasteiger partial charge in [0.15, 0.2) is 0 Å². The summed E-state index contributed by atoms with van der Waals surface area (Å²) in [5.74, 6) is 1.84. The first-order chi connectivity index (χ1) is 9.29. The Bertz CT molecular complexity index is 579. The van der Waals surface area contributed by atoms with Gasteiger partial charge in [-0.2, -0.15) is 0 Å². The normalized spacial score (nSPS) is 15.5. The van der Waals surface area contributed by atoms with E-state index in [4.69, 9.17) is 15.2 Å². The van der Waals surface area contributed by atoms with Crippen molar-refractivity contribution in [3.63, 3.8) is 0 Å². The number of hydrogen-bond donors (Lipinski definition) is 1. The molecule has 0 spiro atoms. The third kappa shape index (κ3) is 2.33. The molecule has 4 heteroatoms. The highest BCUT2D eigenvalue weighted by atomic mass is 32.1. The topological polar surface area (TPSA) is 44.5 Å². The van der Waals surface area contributed by atoms with E-state index in [1.807, 2.05) is 11.4 Å². The molecular formula is C15H17NO2S. The molecule has 2 N–H and O–H groups in total. The molecule has 1 atom stereocenters. The van der Waals surface area contributed by atoms with E-state index in [1.165, 1.54) is 5.56 Å². The monoisotopic (exact) mass is 275 g/mol. The summed E-state index contributed by atoms with van der Waals surface area (Å²) in [5, 5.41) is 1.98. The molecule has 3 rings (SSSR count). The predicted octanol–water partition coefficient (Wildman–Crippen LogP) is 3.13. The summed E-state index contributed by atoms with van der Waals surface area (Å²) in [6, 6.07) is 8.09. The molecule has 19 heavy (non-hydrogen) atoms. The molecule has 0 amide bonds. The van der Waals surface area contributed by atoms with Crippen LogP contribution in [-0.2, 0) is 6.42 Å². The van der Waals surface area contributed by atoms with E-state index >= 15 is 0 Å². The molecule has 0 fully saturated rings. The van der Waals surface area contributed by atoms with Gasteiger partial charge in [0.25, 0.3) is 0 Å². The fourth-order valence-electron chi connectivity index (χ4n) is 2.42. The lowest BCUT2D eigenvalue weighted by Gasteiger charge is -2.22. The van der Waals surface area contributed by atoms with Crippen LogP contribution in [0.1, 0.15) is 28.5 Å². The number of hydrogen-bond acceptors (Lipinski definition) is 4. The number of para-hydroxylation sites is 1. The van der Waals surface area contributed by atoms with Gasteiger partial charge in [0, 0.05) is 15.8 Å². The van der Waals surface area contributed by atoms with Gasteiger partial charge in [0.1, 0.15) is 11.5 Å². The van der Waals surface area contributed by atoms with Gasteiger partial charge in [-0.3, -0.25) is 0 Å². The molecule has 1 aromatic heterocycles. The van der Waals surface area contributed by atoms with E-state index in [2.05, 4.69) is 18.2 Å². The third-order valence-electron chi connectivity index (χ3n) is 3.44. The fourth-order valence-corrected chi connectivity index (χ4v) is 3.29. The van der Waals surface area contributed by atoms with E-state index in [0.29, 0.717) is 0 Å². The van der Waals surface area contributed by atoms with Crippen LogP contribution in [-0.4, -0.2) is 13.7 Å². The highest BCUT2D eigenvalue weighted by Gasteiger charge is 2.20. The van der Waals surface area contributed by atoms with Crippen molar-refractivity contribution in [2.75, 3.05) is 13.7 Å². The van der Waals surface area contributed by atoms with E-state index in [9.17, 15) is 0 Å². The molecule has 2 heterocycles. The van der Waals surface area contributed by atoms with Crippen LogP contribution in [0, 0.1) is 0 Å². The van der Waals surface area contributed by atoms with Gasteiger partial charge in [-0.15, -0.1) is 11.3 Å². The minimum absolute atomic E-state index is 0.151. The van der Waals surface area contributed by atoms with Crippen molar-refractivity contribution in [1.29, 1.82) is 0 Å². The first-order valence-corrected chi connectivity index (χ1v) is 7.30. The molecule has 0 bridgehead atoms. The Morgan fingerprint density at radius 1 is 1.42 bits per heavy atom. The summed E-state index contributed by atoms with van der Waals surface area (Å²) in [6.45, 7) is 0.782. The second kappa shape index (κ2) is 5.23. The highest BCUT2D eigenvalue weighted by molar-refractivity contribution is 7.10. The Morgan fingerprint density at radius 3 is 3.11 bits per heavy atom. The van der Waals surface area contributed by atoms with Crippen molar-refractivity contribution in [2.24, 2.45) is 5.73 Å². The van der Waals surface area contributed by atoms with E-state index < -0.39 is 0 Å². The van der Waals surface area contributed by atoms with Gasteiger partial charge in [-0.1, -0.05) is 18.2 Å². The van der Waals surface area contributed by atoms with Gasteiger partial charge in [-0.25, -0.2) is 0 Å². The summed E-state index contributed by atoms with van der Waals surface area (Å²) in [7, 11) is 1.67. The summed E-state index contributed by atoms with van der Waals surface area (Å²) >= 11 is 1.62. The SMILES string of the molecule is COc1csc(C(N)c2cccc3c2OCCC3)c1. The minimum atomic E-state index is -0.151. The van der Waals surface area contributed by atoms with Crippen molar-refractivity contribution in [3.05, 3.63) is 45.6 Å². The van der Waals surface area contributed by atoms with Crippen molar-refractivity contribution >= 4 is 11.3 Å². The zero-order valence-corrected chi connectivity index (χ0v) is 11.7. The van der Waals surface area contributed by atoms with Crippen LogP contribution in [0.3, 0.4) is 0 Å². The van der Waals surface area contributed by atoms with E-state index in [1.54, 1.807) is 18.4 Å². The molecular weight excluding hydrogens is 258 g/mol. The lowest BCUT2D eigenvalue weighted by atomic mass is 9.97. The predicted molar refractivity (Wildman–Crippen MR) is 77.2 cm³/mol. The maximum atomic E-state index is 6.38. The lowest BCUT2D eigenvalue weighted by Crippen LogP contribution is -2.16. The summed E-state index contributed by atoms with van der Waals surface area (Å²) in [5.41, 5.74) is 8.72. The van der Waals surface area contributed by atoms with Crippen LogP contribution in [0.4, 0.5) is 0 Å². The smallest absolute Gasteiger partial charge is 0.129 e. The molecule has 3 nitrogen and oxygen atoms in total. The van der Waals surface area contributed by atoms with Crippen LogP contribution in [0.15, 0.2) is 29.6 Å². The van der Waals surface area contributed by atoms with Gasteiger partial charge in [0.2, 0.25) is 0 Å². The number of ether oxygens (including phenoxy) is 2. The molecule has 1 aliphatic heterocycles. The molecule has 0 aliphatic carbocycles. The highest BCUT2D eigenvalue weighted by Crippen LogP contribution is 2.37. The first-order valence-electron chi connectivity index (χ1n) is 6.42. The van der Waals surface area contributed by atoms with Crippen molar-refractivity contribution in [3.8, 4) is 11.5 Å². The third-order valence-corrected chi connectivity index (χ3v) is 4.43. The second-order valence-corrected chi connectivity index (χ2v) is 5.60.